The summed E-state index contributed by atoms with van der Waals surface area (Å²) in [7, 11) is 0. The minimum absolute atomic E-state index is 0.0881. The van der Waals surface area contributed by atoms with E-state index in [2.05, 4.69) is 4.98 Å². The van der Waals surface area contributed by atoms with E-state index in [4.69, 9.17) is 5.73 Å². The van der Waals surface area contributed by atoms with Gasteiger partial charge in [-0.1, -0.05) is 11.6 Å². The summed E-state index contributed by atoms with van der Waals surface area (Å²) in [5.41, 5.74) is 8.78. The summed E-state index contributed by atoms with van der Waals surface area (Å²) in [5, 5.41) is 0. The number of hydrogen-bond acceptors (Lipinski definition) is 3. The Kier molecular flexibility index (Phi) is 3.80. The number of nitrogens with two attached hydrogens (primary N) is 1. The first-order chi connectivity index (χ1) is 9.13. The second kappa shape index (κ2) is 5.52. The zero-order valence-corrected chi connectivity index (χ0v) is 11.1. The van der Waals surface area contributed by atoms with Gasteiger partial charge in [0, 0.05) is 30.3 Å². The summed E-state index contributed by atoms with van der Waals surface area (Å²) in [5.74, 6) is -0.0881. The van der Waals surface area contributed by atoms with Crippen LogP contribution in [0, 0.1) is 6.92 Å². The maximum atomic E-state index is 12.6. The number of carbonyl (C=O) groups is 1. The van der Waals surface area contributed by atoms with Crippen LogP contribution in [-0.2, 0) is 0 Å². The lowest BCUT2D eigenvalue weighted by molar-refractivity contribution is 0.0989. The smallest absolute Gasteiger partial charge is 0.260 e. The van der Waals surface area contributed by atoms with Crippen molar-refractivity contribution in [2.45, 2.75) is 13.8 Å². The molecule has 0 spiro atoms. The molecular formula is C15H17N3O. The molecule has 1 aromatic heterocycles. The number of amides is 1. The highest BCUT2D eigenvalue weighted by atomic mass is 16.2. The third kappa shape index (κ3) is 2.73. The van der Waals surface area contributed by atoms with Gasteiger partial charge >= 0.3 is 0 Å². The summed E-state index contributed by atoms with van der Waals surface area (Å²) in [6.45, 7) is 4.46. The Morgan fingerprint density at radius 2 is 1.95 bits per heavy atom. The molecule has 2 rings (SSSR count). The normalized spacial score (nSPS) is 10.2. The SMILES string of the molecule is CCN(C(=O)c1cc(C)ccc1N)c1ccncc1. The van der Waals surface area contributed by atoms with Gasteiger partial charge in [0.15, 0.2) is 0 Å². The molecule has 1 aromatic carbocycles. The first-order valence-corrected chi connectivity index (χ1v) is 6.21. The fourth-order valence-electron chi connectivity index (χ4n) is 1.97. The van der Waals surface area contributed by atoms with Crippen molar-refractivity contribution >= 4 is 17.3 Å². The van der Waals surface area contributed by atoms with Crippen molar-refractivity contribution in [3.8, 4) is 0 Å². The Morgan fingerprint density at radius 3 is 2.58 bits per heavy atom. The zero-order valence-electron chi connectivity index (χ0n) is 11.1. The molecule has 4 nitrogen and oxygen atoms in total. The number of aryl methyl sites for hydroxylation is 1. The lowest BCUT2D eigenvalue weighted by atomic mass is 10.1. The van der Waals surface area contributed by atoms with Gasteiger partial charge in [-0.15, -0.1) is 0 Å². The number of benzene rings is 1. The molecule has 4 heteroatoms. The Balaban J connectivity index is 2.39. The van der Waals surface area contributed by atoms with Gasteiger partial charge in [-0.2, -0.15) is 0 Å². The van der Waals surface area contributed by atoms with E-state index in [9.17, 15) is 4.79 Å². The van der Waals surface area contributed by atoms with Crippen molar-refractivity contribution in [1.29, 1.82) is 0 Å². The zero-order chi connectivity index (χ0) is 13.8. The molecule has 2 N–H and O–H groups in total. The van der Waals surface area contributed by atoms with Gasteiger partial charge in [-0.25, -0.2) is 0 Å². The van der Waals surface area contributed by atoms with Crippen molar-refractivity contribution in [3.63, 3.8) is 0 Å². The van der Waals surface area contributed by atoms with Crippen LogP contribution < -0.4 is 10.6 Å². The van der Waals surface area contributed by atoms with Crippen molar-refractivity contribution < 1.29 is 4.79 Å². The highest BCUT2D eigenvalue weighted by Crippen LogP contribution is 2.20. The third-order valence-electron chi connectivity index (χ3n) is 2.97. The first kappa shape index (κ1) is 13.1. The van der Waals surface area contributed by atoms with E-state index in [1.54, 1.807) is 23.4 Å². The van der Waals surface area contributed by atoms with Crippen LogP contribution >= 0.6 is 0 Å². The van der Waals surface area contributed by atoms with Crippen LogP contribution in [0.2, 0.25) is 0 Å². The molecular weight excluding hydrogens is 238 g/mol. The van der Waals surface area contributed by atoms with Crippen LogP contribution in [0.15, 0.2) is 42.7 Å². The molecule has 0 saturated carbocycles. The molecule has 0 atom stereocenters. The average molecular weight is 255 g/mol. The first-order valence-electron chi connectivity index (χ1n) is 6.21. The summed E-state index contributed by atoms with van der Waals surface area (Å²) in [6, 6.07) is 9.11. The molecule has 2 aromatic rings. The lowest BCUT2D eigenvalue weighted by Crippen LogP contribution is -2.31. The van der Waals surface area contributed by atoms with Crippen LogP contribution in [0.3, 0.4) is 0 Å². The van der Waals surface area contributed by atoms with Gasteiger partial charge < -0.3 is 10.6 Å². The van der Waals surface area contributed by atoms with E-state index in [-0.39, 0.29) is 5.91 Å². The predicted molar refractivity (Wildman–Crippen MR) is 77.2 cm³/mol. The Labute approximate surface area is 112 Å². The number of hydrogen-bond donors (Lipinski definition) is 1. The second-order valence-corrected chi connectivity index (χ2v) is 4.35. The monoisotopic (exact) mass is 255 g/mol. The van der Waals surface area contributed by atoms with Gasteiger partial charge in [-0.05, 0) is 38.1 Å². The van der Waals surface area contributed by atoms with Gasteiger partial charge in [0.2, 0.25) is 0 Å². The molecule has 1 heterocycles. The predicted octanol–water partition coefficient (Wildman–Crippen LogP) is 2.64. The number of carbonyl (C=O) groups excluding carboxylic acids is 1. The molecule has 0 aliphatic heterocycles. The van der Waals surface area contributed by atoms with Gasteiger partial charge in [0.05, 0.1) is 5.56 Å². The molecule has 19 heavy (non-hydrogen) atoms. The standard InChI is InChI=1S/C15H17N3O/c1-3-18(12-6-8-17-9-7-12)15(19)13-10-11(2)4-5-14(13)16/h4-10H,3,16H2,1-2H3. The molecule has 1 amide bonds. The van der Waals surface area contributed by atoms with Crippen molar-refractivity contribution in [2.75, 3.05) is 17.2 Å². The molecule has 0 saturated heterocycles. The van der Waals surface area contributed by atoms with E-state index in [0.29, 0.717) is 17.8 Å². The Bertz CT molecular complexity index is 581. The number of pyridine rings is 1. The van der Waals surface area contributed by atoms with E-state index in [1.807, 2.05) is 38.1 Å². The summed E-state index contributed by atoms with van der Waals surface area (Å²) in [6.07, 6.45) is 3.34. The van der Waals surface area contributed by atoms with Crippen LogP contribution in [0.5, 0.6) is 0 Å². The summed E-state index contributed by atoms with van der Waals surface area (Å²) >= 11 is 0. The molecule has 0 aliphatic carbocycles. The third-order valence-corrected chi connectivity index (χ3v) is 2.97. The van der Waals surface area contributed by atoms with Gasteiger partial charge in [0.25, 0.3) is 5.91 Å². The highest BCUT2D eigenvalue weighted by molar-refractivity contribution is 6.09. The van der Waals surface area contributed by atoms with Crippen molar-refractivity contribution in [2.24, 2.45) is 0 Å². The fourth-order valence-corrected chi connectivity index (χ4v) is 1.97. The topological polar surface area (TPSA) is 59.2 Å². The summed E-state index contributed by atoms with van der Waals surface area (Å²) < 4.78 is 0. The van der Waals surface area contributed by atoms with E-state index < -0.39 is 0 Å². The molecule has 0 unspecified atom stereocenters. The number of anilines is 2. The number of nitrogen functional groups attached to an aromatic ring is 1. The highest BCUT2D eigenvalue weighted by Gasteiger charge is 2.18. The minimum atomic E-state index is -0.0881. The average Bonchev–Trinajstić information content (AvgIpc) is 2.43. The minimum Gasteiger partial charge on any atom is -0.398 e. The molecule has 0 aliphatic rings. The maximum Gasteiger partial charge on any atom is 0.260 e. The van der Waals surface area contributed by atoms with Crippen molar-refractivity contribution in [3.05, 3.63) is 53.9 Å². The van der Waals surface area contributed by atoms with E-state index >= 15 is 0 Å². The second-order valence-electron chi connectivity index (χ2n) is 4.35. The van der Waals surface area contributed by atoms with Crippen LogP contribution in [-0.4, -0.2) is 17.4 Å². The Hall–Kier alpha value is -2.36. The quantitative estimate of drug-likeness (QED) is 0.858. The molecule has 98 valence electrons. The molecule has 0 radical (unpaired) electrons. The van der Waals surface area contributed by atoms with E-state index in [1.165, 1.54) is 0 Å². The van der Waals surface area contributed by atoms with Crippen molar-refractivity contribution in [1.82, 2.24) is 4.98 Å². The van der Waals surface area contributed by atoms with Gasteiger partial charge in [0.1, 0.15) is 0 Å². The fraction of sp³-hybridized carbons (Fsp3) is 0.200. The number of aromatic nitrogens is 1. The number of nitrogens with zero attached hydrogens (tertiary/aromatic N) is 2. The van der Waals surface area contributed by atoms with Crippen LogP contribution in [0.4, 0.5) is 11.4 Å². The molecule has 0 fully saturated rings. The maximum absolute atomic E-state index is 12.6. The lowest BCUT2D eigenvalue weighted by Gasteiger charge is -2.21. The number of rotatable bonds is 3. The van der Waals surface area contributed by atoms with E-state index in [0.717, 1.165) is 11.3 Å². The largest absolute Gasteiger partial charge is 0.398 e. The molecule has 0 bridgehead atoms. The van der Waals surface area contributed by atoms with Crippen LogP contribution in [0.1, 0.15) is 22.8 Å². The van der Waals surface area contributed by atoms with Gasteiger partial charge in [-0.3, -0.25) is 9.78 Å². The summed E-state index contributed by atoms with van der Waals surface area (Å²) in [4.78, 5) is 18.2. The van der Waals surface area contributed by atoms with Crippen LogP contribution in [0.25, 0.3) is 0 Å². The Morgan fingerprint density at radius 1 is 1.26 bits per heavy atom.